The summed E-state index contributed by atoms with van der Waals surface area (Å²) in [7, 11) is 2.78. The van der Waals surface area contributed by atoms with E-state index in [4.69, 9.17) is 35.3 Å². The van der Waals surface area contributed by atoms with Gasteiger partial charge in [0, 0.05) is 5.70 Å². The molecule has 3 rings (SSSR count). The van der Waals surface area contributed by atoms with Crippen LogP contribution >= 0.6 is 11.6 Å². The Hall–Kier alpha value is -4.16. The molecule has 4 N–H and O–H groups in total. The van der Waals surface area contributed by atoms with E-state index in [9.17, 15) is 14.7 Å². The second-order valence-corrected chi connectivity index (χ2v) is 8.79. The van der Waals surface area contributed by atoms with E-state index in [1.54, 1.807) is 44.2 Å². The molecule has 0 radical (unpaired) electrons. The van der Waals surface area contributed by atoms with Crippen molar-refractivity contribution in [1.29, 1.82) is 0 Å². The van der Waals surface area contributed by atoms with E-state index in [0.717, 1.165) is 0 Å². The lowest BCUT2D eigenvalue weighted by atomic mass is 9.95. The number of hydrogen-bond acceptors (Lipinski definition) is 10. The topological polar surface area (TPSA) is 149 Å². The average Bonchev–Trinajstić information content (AvgIpc) is 2.93. The first-order valence-corrected chi connectivity index (χ1v) is 12.8. The predicted molar refractivity (Wildman–Crippen MR) is 148 cm³/mol. The van der Waals surface area contributed by atoms with Gasteiger partial charge in [0.15, 0.2) is 29.2 Å². The van der Waals surface area contributed by atoms with E-state index in [1.807, 2.05) is 6.92 Å². The molecule has 0 fully saturated rings. The number of nitrogens with one attached hydrogen (secondary N) is 3. The standard InChI is InChI=1S/C27H33ClN4O8/c1-6-38-20-12-17(24-23(26(34)37-5)15(3)30-27(35)31-24)8-9-19(20)40-14-22(33)32-29-13-16-10-18(28)25(39-7-2)21(11-16)36-4/h8-13,22,24,32-33H,6-7,14H2,1-5H3,(H2,30,31,35)/b29-13-/t22-,24-/m0/s1. The molecule has 2 aromatic rings. The highest BCUT2D eigenvalue weighted by Gasteiger charge is 2.32. The summed E-state index contributed by atoms with van der Waals surface area (Å²) in [6, 6.07) is 7.13. The Morgan fingerprint density at radius 1 is 1.12 bits per heavy atom. The first-order valence-electron chi connectivity index (χ1n) is 12.4. The zero-order valence-electron chi connectivity index (χ0n) is 22.9. The number of carbonyl (C=O) groups excluding carboxylic acids is 2. The lowest BCUT2D eigenvalue weighted by molar-refractivity contribution is -0.136. The quantitative estimate of drug-likeness (QED) is 0.122. The van der Waals surface area contributed by atoms with Crippen LogP contribution in [-0.4, -0.2) is 63.6 Å². The van der Waals surface area contributed by atoms with E-state index in [-0.39, 0.29) is 12.2 Å². The zero-order chi connectivity index (χ0) is 29.2. The summed E-state index contributed by atoms with van der Waals surface area (Å²) < 4.78 is 27.2. The number of esters is 1. The monoisotopic (exact) mass is 576 g/mol. The van der Waals surface area contributed by atoms with Crippen LogP contribution in [0.2, 0.25) is 5.02 Å². The van der Waals surface area contributed by atoms with Gasteiger partial charge in [-0.3, -0.25) is 5.43 Å². The van der Waals surface area contributed by atoms with Crippen LogP contribution in [0, 0.1) is 0 Å². The van der Waals surface area contributed by atoms with Gasteiger partial charge in [0.05, 0.1) is 50.3 Å². The van der Waals surface area contributed by atoms with E-state index >= 15 is 0 Å². The van der Waals surface area contributed by atoms with Gasteiger partial charge in [-0.05, 0) is 56.2 Å². The Labute approximate surface area is 237 Å². The number of amides is 2. The third-order valence-corrected chi connectivity index (χ3v) is 5.93. The van der Waals surface area contributed by atoms with E-state index in [1.165, 1.54) is 20.4 Å². The summed E-state index contributed by atoms with van der Waals surface area (Å²) in [5.74, 6) is 1.03. The Balaban J connectivity index is 1.69. The van der Waals surface area contributed by atoms with E-state index in [2.05, 4.69) is 21.2 Å². The van der Waals surface area contributed by atoms with Crippen molar-refractivity contribution in [3.05, 3.63) is 57.8 Å². The number of ether oxygens (including phenoxy) is 5. The Bertz CT molecular complexity index is 1280. The van der Waals surface area contributed by atoms with Crippen LogP contribution in [0.1, 0.15) is 37.9 Å². The number of urea groups is 1. The number of aliphatic hydroxyl groups excluding tert-OH is 1. The van der Waals surface area contributed by atoms with Crippen molar-refractivity contribution in [3.8, 4) is 23.0 Å². The molecule has 0 aromatic heterocycles. The molecule has 40 heavy (non-hydrogen) atoms. The number of methoxy groups -OCH3 is 2. The van der Waals surface area contributed by atoms with Gasteiger partial charge < -0.3 is 39.4 Å². The molecule has 2 amide bonds. The van der Waals surface area contributed by atoms with Crippen molar-refractivity contribution >= 4 is 29.8 Å². The SMILES string of the molecule is CCOc1cc([C@@H]2NC(=O)NC(C)=C2C(=O)OC)ccc1OC[C@H](O)N/N=C\c1cc(Cl)c(OCC)c(OC)c1. The molecular weight excluding hydrogens is 544 g/mol. The highest BCUT2D eigenvalue weighted by molar-refractivity contribution is 6.32. The number of nitrogens with zero attached hydrogens (tertiary/aromatic N) is 1. The normalized spacial score (nSPS) is 15.7. The van der Waals surface area contributed by atoms with Gasteiger partial charge in [0.25, 0.3) is 0 Å². The van der Waals surface area contributed by atoms with Gasteiger partial charge in [-0.15, -0.1) is 0 Å². The van der Waals surface area contributed by atoms with Crippen molar-refractivity contribution in [3.63, 3.8) is 0 Å². The number of halogens is 1. The summed E-state index contributed by atoms with van der Waals surface area (Å²) in [6.07, 6.45) is 0.306. The van der Waals surface area contributed by atoms with Gasteiger partial charge in [-0.25, -0.2) is 9.59 Å². The molecule has 1 aliphatic heterocycles. The summed E-state index contributed by atoms with van der Waals surface area (Å²) in [5, 5.41) is 20.1. The van der Waals surface area contributed by atoms with Crippen molar-refractivity contribution < 1.29 is 38.4 Å². The molecular formula is C27H33ClN4O8. The van der Waals surface area contributed by atoms with Gasteiger partial charge in [0.1, 0.15) is 6.61 Å². The summed E-state index contributed by atoms with van der Waals surface area (Å²) >= 11 is 6.28. The maximum absolute atomic E-state index is 12.4. The molecule has 12 nitrogen and oxygen atoms in total. The van der Waals surface area contributed by atoms with Crippen LogP contribution in [0.4, 0.5) is 4.79 Å². The second-order valence-electron chi connectivity index (χ2n) is 8.38. The number of hydrazone groups is 1. The minimum atomic E-state index is -1.16. The first-order chi connectivity index (χ1) is 19.2. The fraction of sp³-hybridized carbons (Fsp3) is 0.370. The number of hydrogen-bond donors (Lipinski definition) is 4. The third-order valence-electron chi connectivity index (χ3n) is 5.65. The van der Waals surface area contributed by atoms with Gasteiger partial charge >= 0.3 is 12.0 Å². The minimum absolute atomic E-state index is 0.166. The summed E-state index contributed by atoms with van der Waals surface area (Å²) in [4.78, 5) is 24.5. The van der Waals surface area contributed by atoms with Gasteiger partial charge in [-0.1, -0.05) is 17.7 Å². The van der Waals surface area contributed by atoms with Crippen molar-refractivity contribution in [2.45, 2.75) is 33.0 Å². The predicted octanol–water partition coefficient (Wildman–Crippen LogP) is 3.27. The van der Waals surface area contributed by atoms with Crippen LogP contribution in [0.15, 0.2) is 46.7 Å². The van der Waals surface area contributed by atoms with Gasteiger partial charge in [-0.2, -0.15) is 5.10 Å². The second kappa shape index (κ2) is 14.3. The third kappa shape index (κ3) is 7.48. The molecule has 0 saturated heterocycles. The largest absolute Gasteiger partial charge is 0.493 e. The Kier molecular flexibility index (Phi) is 10.9. The maximum Gasteiger partial charge on any atom is 0.337 e. The maximum atomic E-state index is 12.4. The van der Waals surface area contributed by atoms with Gasteiger partial charge in [0.2, 0.25) is 0 Å². The highest BCUT2D eigenvalue weighted by Crippen LogP contribution is 2.36. The fourth-order valence-electron chi connectivity index (χ4n) is 3.92. The molecule has 0 aliphatic carbocycles. The first kappa shape index (κ1) is 30.4. The Morgan fingerprint density at radius 3 is 2.55 bits per heavy atom. The molecule has 1 heterocycles. The lowest BCUT2D eigenvalue weighted by Crippen LogP contribution is -2.45. The van der Waals surface area contributed by atoms with Crippen LogP contribution in [0.5, 0.6) is 23.0 Å². The Morgan fingerprint density at radius 2 is 1.88 bits per heavy atom. The van der Waals surface area contributed by atoms with Crippen molar-refractivity contribution in [2.24, 2.45) is 5.10 Å². The number of benzene rings is 2. The van der Waals surface area contributed by atoms with Crippen LogP contribution in [0.25, 0.3) is 0 Å². The van der Waals surface area contributed by atoms with Crippen LogP contribution in [0.3, 0.4) is 0 Å². The smallest absolute Gasteiger partial charge is 0.337 e. The number of aliphatic hydroxyl groups is 1. The summed E-state index contributed by atoms with van der Waals surface area (Å²) in [5.41, 5.74) is 4.44. The zero-order valence-corrected chi connectivity index (χ0v) is 23.6. The molecule has 0 spiro atoms. The van der Waals surface area contributed by atoms with E-state index < -0.39 is 24.3 Å². The molecule has 216 valence electrons. The molecule has 0 unspecified atom stereocenters. The number of carbonyl (C=O) groups is 2. The molecule has 13 heteroatoms. The highest BCUT2D eigenvalue weighted by atomic mass is 35.5. The molecule has 0 bridgehead atoms. The average molecular weight is 577 g/mol. The molecule has 1 aliphatic rings. The molecule has 0 saturated carbocycles. The fourth-order valence-corrected chi connectivity index (χ4v) is 4.19. The lowest BCUT2D eigenvalue weighted by Gasteiger charge is -2.28. The van der Waals surface area contributed by atoms with Crippen LogP contribution < -0.4 is 35.0 Å². The number of rotatable bonds is 13. The summed E-state index contributed by atoms with van der Waals surface area (Å²) in [6.45, 7) is 5.87. The molecule has 2 atom stereocenters. The molecule has 2 aromatic carbocycles. The van der Waals surface area contributed by atoms with Crippen molar-refractivity contribution in [2.75, 3.05) is 34.0 Å². The van der Waals surface area contributed by atoms with E-state index in [0.29, 0.717) is 58.1 Å². The van der Waals surface area contributed by atoms with Crippen LogP contribution in [-0.2, 0) is 9.53 Å². The minimum Gasteiger partial charge on any atom is -0.493 e. The number of allylic oxidation sites excluding steroid dienone is 1. The van der Waals surface area contributed by atoms with Crippen molar-refractivity contribution in [1.82, 2.24) is 16.1 Å².